The van der Waals surface area contributed by atoms with Gasteiger partial charge in [0.25, 0.3) is 0 Å². The molecule has 1 amide bonds. The number of thiocarbonyl (C=S) groups is 1. The van der Waals surface area contributed by atoms with E-state index in [0.717, 1.165) is 5.56 Å². The maximum Gasteiger partial charge on any atom is 0.234 e. The Morgan fingerprint density at radius 2 is 1.79 bits per heavy atom. The average molecular weight is 278 g/mol. The molecule has 0 heterocycles. The summed E-state index contributed by atoms with van der Waals surface area (Å²) in [6.07, 6.45) is 0. The number of rotatable bonds is 4. The van der Waals surface area contributed by atoms with Crippen molar-refractivity contribution in [2.24, 2.45) is 11.1 Å². The Kier molecular flexibility index (Phi) is 5.06. The number of benzene rings is 1. The predicted molar refractivity (Wildman–Crippen MR) is 83.0 cm³/mol. The Bertz CT molecular complexity index is 451. The molecule has 1 rings (SSSR count). The maximum atomic E-state index is 12.4. The summed E-state index contributed by atoms with van der Waals surface area (Å²) in [5, 5.41) is 2.99. The fourth-order valence-electron chi connectivity index (χ4n) is 1.60. The molecule has 0 saturated heterocycles. The number of nitrogens with two attached hydrogens (primary N) is 1. The van der Waals surface area contributed by atoms with Crippen LogP contribution in [-0.2, 0) is 4.79 Å². The molecule has 0 aliphatic heterocycles. The number of hydrogen-bond acceptors (Lipinski definition) is 2. The molecular formula is C15H22N2OS. The lowest BCUT2D eigenvalue weighted by atomic mass is 9.87. The lowest BCUT2D eigenvalue weighted by Gasteiger charge is -2.29. The molecule has 0 saturated carbocycles. The molecule has 0 fully saturated rings. The van der Waals surface area contributed by atoms with E-state index >= 15 is 0 Å². The van der Waals surface area contributed by atoms with Gasteiger partial charge in [0.15, 0.2) is 0 Å². The summed E-state index contributed by atoms with van der Waals surface area (Å²) in [6, 6.07) is 9.43. The van der Waals surface area contributed by atoms with Crippen molar-refractivity contribution >= 4 is 23.1 Å². The van der Waals surface area contributed by atoms with Crippen molar-refractivity contribution in [1.82, 2.24) is 5.32 Å². The van der Waals surface area contributed by atoms with Gasteiger partial charge in [-0.3, -0.25) is 4.79 Å². The van der Waals surface area contributed by atoms with Crippen molar-refractivity contribution in [3.05, 3.63) is 35.9 Å². The Morgan fingerprint density at radius 3 is 2.21 bits per heavy atom. The second-order valence-electron chi connectivity index (χ2n) is 5.84. The molecule has 104 valence electrons. The van der Waals surface area contributed by atoms with E-state index in [-0.39, 0.29) is 22.4 Å². The van der Waals surface area contributed by atoms with E-state index in [2.05, 4.69) is 26.1 Å². The zero-order chi connectivity index (χ0) is 14.6. The minimum atomic E-state index is -0.569. The lowest BCUT2D eigenvalue weighted by molar-refractivity contribution is -0.122. The first-order chi connectivity index (χ1) is 8.73. The molecule has 3 nitrogen and oxygen atoms in total. The van der Waals surface area contributed by atoms with Crippen LogP contribution in [0.15, 0.2) is 30.3 Å². The molecule has 0 aliphatic rings. The van der Waals surface area contributed by atoms with E-state index in [4.69, 9.17) is 18.0 Å². The van der Waals surface area contributed by atoms with Crippen LogP contribution >= 0.6 is 12.2 Å². The normalized spacial score (nSPS) is 14.5. The van der Waals surface area contributed by atoms with Gasteiger partial charge in [-0.05, 0) is 17.9 Å². The number of nitrogens with one attached hydrogen (secondary N) is 1. The van der Waals surface area contributed by atoms with Crippen LogP contribution < -0.4 is 11.1 Å². The molecule has 0 spiro atoms. The van der Waals surface area contributed by atoms with Crippen molar-refractivity contribution < 1.29 is 4.79 Å². The minimum absolute atomic E-state index is 0.00683. The largest absolute Gasteiger partial charge is 0.392 e. The number of carbonyl (C=O) groups is 1. The van der Waals surface area contributed by atoms with E-state index < -0.39 is 5.92 Å². The summed E-state index contributed by atoms with van der Waals surface area (Å²) < 4.78 is 0. The van der Waals surface area contributed by atoms with Crippen LogP contribution in [0.1, 0.15) is 39.2 Å². The Morgan fingerprint density at radius 1 is 1.26 bits per heavy atom. The van der Waals surface area contributed by atoms with Crippen LogP contribution in [0.4, 0.5) is 0 Å². The first-order valence-electron chi connectivity index (χ1n) is 6.38. The third-order valence-corrected chi connectivity index (χ3v) is 3.57. The molecule has 0 radical (unpaired) electrons. The van der Waals surface area contributed by atoms with Crippen LogP contribution in [0.5, 0.6) is 0 Å². The SMILES string of the molecule is CC(NC(=O)C(C(N)=S)c1ccccc1)C(C)(C)C. The van der Waals surface area contributed by atoms with Crippen LogP contribution in [0, 0.1) is 5.41 Å². The highest BCUT2D eigenvalue weighted by Crippen LogP contribution is 2.21. The van der Waals surface area contributed by atoms with E-state index in [1.807, 2.05) is 37.3 Å². The molecule has 3 N–H and O–H groups in total. The quantitative estimate of drug-likeness (QED) is 0.832. The summed E-state index contributed by atoms with van der Waals surface area (Å²) in [4.78, 5) is 12.6. The molecular weight excluding hydrogens is 256 g/mol. The third kappa shape index (κ3) is 4.31. The third-order valence-electron chi connectivity index (χ3n) is 3.34. The molecule has 4 heteroatoms. The Balaban J connectivity index is 2.90. The highest BCUT2D eigenvalue weighted by molar-refractivity contribution is 7.80. The van der Waals surface area contributed by atoms with Gasteiger partial charge in [-0.2, -0.15) is 0 Å². The minimum Gasteiger partial charge on any atom is -0.392 e. The van der Waals surface area contributed by atoms with Gasteiger partial charge in [-0.15, -0.1) is 0 Å². The van der Waals surface area contributed by atoms with Gasteiger partial charge < -0.3 is 11.1 Å². The highest BCUT2D eigenvalue weighted by atomic mass is 32.1. The zero-order valence-corrected chi connectivity index (χ0v) is 12.8. The van der Waals surface area contributed by atoms with Crippen LogP contribution in [0.3, 0.4) is 0 Å². The summed E-state index contributed by atoms with van der Waals surface area (Å²) in [7, 11) is 0. The summed E-state index contributed by atoms with van der Waals surface area (Å²) in [5.74, 6) is -0.706. The number of carbonyl (C=O) groups excluding carboxylic acids is 1. The number of amides is 1. The van der Waals surface area contributed by atoms with E-state index in [0.29, 0.717) is 0 Å². The van der Waals surface area contributed by atoms with Crippen molar-refractivity contribution in [2.75, 3.05) is 0 Å². The molecule has 0 aromatic heterocycles. The van der Waals surface area contributed by atoms with Gasteiger partial charge in [-0.25, -0.2) is 0 Å². The standard InChI is InChI=1S/C15H22N2OS/c1-10(15(2,3)4)17-14(18)12(13(16)19)11-8-6-5-7-9-11/h5-10,12H,1-4H3,(H2,16,19)(H,17,18). The predicted octanol–water partition coefficient (Wildman–Crippen LogP) is 2.61. The summed E-state index contributed by atoms with van der Waals surface area (Å²) in [5.41, 5.74) is 6.55. The summed E-state index contributed by atoms with van der Waals surface area (Å²) >= 11 is 5.04. The van der Waals surface area contributed by atoms with Crippen LogP contribution in [0.25, 0.3) is 0 Å². The lowest BCUT2D eigenvalue weighted by Crippen LogP contribution is -2.45. The van der Waals surface area contributed by atoms with Gasteiger partial charge >= 0.3 is 0 Å². The van der Waals surface area contributed by atoms with Crippen LogP contribution in [0.2, 0.25) is 0 Å². The Labute approximate surface area is 120 Å². The van der Waals surface area contributed by atoms with Crippen LogP contribution in [-0.4, -0.2) is 16.9 Å². The van der Waals surface area contributed by atoms with E-state index in [1.54, 1.807) is 0 Å². The number of hydrogen-bond donors (Lipinski definition) is 2. The zero-order valence-electron chi connectivity index (χ0n) is 11.9. The summed E-state index contributed by atoms with van der Waals surface area (Å²) in [6.45, 7) is 8.22. The van der Waals surface area contributed by atoms with Gasteiger partial charge in [0, 0.05) is 6.04 Å². The first-order valence-corrected chi connectivity index (χ1v) is 6.79. The fraction of sp³-hybridized carbons (Fsp3) is 0.467. The van der Waals surface area contributed by atoms with Crippen molar-refractivity contribution in [3.8, 4) is 0 Å². The Hall–Kier alpha value is -1.42. The second kappa shape index (κ2) is 6.15. The van der Waals surface area contributed by atoms with Gasteiger partial charge in [0.05, 0.1) is 4.99 Å². The van der Waals surface area contributed by atoms with E-state index in [1.165, 1.54) is 0 Å². The van der Waals surface area contributed by atoms with Gasteiger partial charge in [-0.1, -0.05) is 63.3 Å². The smallest absolute Gasteiger partial charge is 0.234 e. The highest BCUT2D eigenvalue weighted by Gasteiger charge is 2.28. The fourth-order valence-corrected chi connectivity index (χ4v) is 1.85. The van der Waals surface area contributed by atoms with Crippen molar-refractivity contribution in [1.29, 1.82) is 0 Å². The maximum absolute atomic E-state index is 12.4. The van der Waals surface area contributed by atoms with Crippen molar-refractivity contribution in [3.63, 3.8) is 0 Å². The molecule has 19 heavy (non-hydrogen) atoms. The van der Waals surface area contributed by atoms with Gasteiger partial charge in [0.2, 0.25) is 5.91 Å². The van der Waals surface area contributed by atoms with Crippen molar-refractivity contribution in [2.45, 2.75) is 39.7 Å². The second-order valence-corrected chi connectivity index (χ2v) is 6.31. The average Bonchev–Trinajstić information content (AvgIpc) is 2.28. The molecule has 1 aromatic carbocycles. The van der Waals surface area contributed by atoms with E-state index in [9.17, 15) is 4.79 Å². The van der Waals surface area contributed by atoms with Gasteiger partial charge in [0.1, 0.15) is 5.92 Å². The molecule has 1 aromatic rings. The topological polar surface area (TPSA) is 55.1 Å². The molecule has 0 bridgehead atoms. The molecule has 2 unspecified atom stereocenters. The molecule has 2 atom stereocenters. The molecule has 0 aliphatic carbocycles. The monoisotopic (exact) mass is 278 g/mol. The first kappa shape index (κ1) is 15.6.